The van der Waals surface area contributed by atoms with Gasteiger partial charge in [-0.1, -0.05) is 71.8 Å². The summed E-state index contributed by atoms with van der Waals surface area (Å²) in [5.41, 5.74) is 1.80. The van der Waals surface area contributed by atoms with E-state index >= 15 is 0 Å². The van der Waals surface area contributed by atoms with Crippen molar-refractivity contribution in [1.82, 2.24) is 4.98 Å². The summed E-state index contributed by atoms with van der Waals surface area (Å²) in [6.07, 6.45) is 19.1. The van der Waals surface area contributed by atoms with Gasteiger partial charge in [0.15, 0.2) is 0 Å². The number of hydrogen-bond acceptors (Lipinski definition) is 2. The van der Waals surface area contributed by atoms with E-state index in [4.69, 9.17) is 6.42 Å². The molecule has 0 fully saturated rings. The van der Waals surface area contributed by atoms with Gasteiger partial charge in [0.2, 0.25) is 0 Å². The van der Waals surface area contributed by atoms with E-state index < -0.39 is 0 Å². The third-order valence-electron chi connectivity index (χ3n) is 3.92. The van der Waals surface area contributed by atoms with Crippen molar-refractivity contribution in [3.8, 4) is 12.5 Å². The van der Waals surface area contributed by atoms with Crippen LogP contribution in [-0.2, 0) is 6.42 Å². The van der Waals surface area contributed by atoms with Crippen LogP contribution in [0.15, 0.2) is 18.3 Å². The molecule has 2 nitrogen and oxygen atoms in total. The lowest BCUT2D eigenvalue weighted by molar-refractivity contribution is 0.356. The van der Waals surface area contributed by atoms with Crippen molar-refractivity contribution in [3.63, 3.8) is 0 Å². The maximum Gasteiger partial charge on any atom is 0.137 e. The maximum atomic E-state index is 5.18. The van der Waals surface area contributed by atoms with Crippen LogP contribution < -0.4 is 5.32 Å². The molecule has 1 rings (SSSR count). The zero-order valence-electron chi connectivity index (χ0n) is 14.6. The summed E-state index contributed by atoms with van der Waals surface area (Å²) >= 11 is 0. The SMILES string of the molecule is C#CNc1ccc(CCCCCCCCCC(C)(C)C)cn1. The van der Waals surface area contributed by atoms with E-state index in [0.717, 1.165) is 12.2 Å². The highest BCUT2D eigenvalue weighted by atomic mass is 15.0. The lowest BCUT2D eigenvalue weighted by atomic mass is 9.89. The monoisotopic (exact) mass is 300 g/mol. The molecule has 1 heterocycles. The summed E-state index contributed by atoms with van der Waals surface area (Å²) in [6, 6.07) is 6.44. The molecule has 0 aliphatic rings. The van der Waals surface area contributed by atoms with Gasteiger partial charge in [-0.15, -0.1) is 0 Å². The maximum absolute atomic E-state index is 5.18. The normalized spacial score (nSPS) is 11.2. The molecule has 0 bridgehead atoms. The van der Waals surface area contributed by atoms with Crippen LogP contribution in [0.3, 0.4) is 0 Å². The van der Waals surface area contributed by atoms with E-state index in [1.54, 1.807) is 0 Å². The highest BCUT2D eigenvalue weighted by Gasteiger charge is 2.08. The third kappa shape index (κ3) is 9.45. The fraction of sp³-hybridized carbons (Fsp3) is 0.650. The molecule has 0 amide bonds. The molecule has 0 saturated heterocycles. The summed E-state index contributed by atoms with van der Waals surface area (Å²) in [5.74, 6) is 0.751. The van der Waals surface area contributed by atoms with Crippen molar-refractivity contribution in [2.45, 2.75) is 78.6 Å². The first kappa shape index (κ1) is 18.6. The average Bonchev–Trinajstić information content (AvgIpc) is 2.46. The van der Waals surface area contributed by atoms with Crippen LogP contribution in [0.2, 0.25) is 0 Å². The zero-order valence-corrected chi connectivity index (χ0v) is 14.6. The van der Waals surface area contributed by atoms with Crippen molar-refractivity contribution < 1.29 is 0 Å². The van der Waals surface area contributed by atoms with Crippen LogP contribution >= 0.6 is 0 Å². The molecule has 0 radical (unpaired) electrons. The Morgan fingerprint density at radius 2 is 1.64 bits per heavy atom. The Morgan fingerprint density at radius 3 is 2.18 bits per heavy atom. The van der Waals surface area contributed by atoms with Gasteiger partial charge in [-0.25, -0.2) is 4.98 Å². The molecule has 1 aromatic rings. The third-order valence-corrected chi connectivity index (χ3v) is 3.92. The highest BCUT2D eigenvalue weighted by molar-refractivity contribution is 5.40. The van der Waals surface area contributed by atoms with Gasteiger partial charge in [0, 0.05) is 12.2 Å². The van der Waals surface area contributed by atoms with Gasteiger partial charge in [0.25, 0.3) is 0 Å². The molecule has 2 heteroatoms. The van der Waals surface area contributed by atoms with Crippen molar-refractivity contribution in [1.29, 1.82) is 0 Å². The van der Waals surface area contributed by atoms with Gasteiger partial charge in [0.05, 0.1) is 0 Å². The smallest absolute Gasteiger partial charge is 0.137 e. The summed E-state index contributed by atoms with van der Waals surface area (Å²) in [4.78, 5) is 4.28. The Hall–Kier alpha value is -1.49. The topological polar surface area (TPSA) is 24.9 Å². The number of aryl methyl sites for hydroxylation is 1. The average molecular weight is 300 g/mol. The number of pyridine rings is 1. The fourth-order valence-electron chi connectivity index (χ4n) is 2.59. The Morgan fingerprint density at radius 1 is 1.00 bits per heavy atom. The van der Waals surface area contributed by atoms with Crippen LogP contribution in [-0.4, -0.2) is 4.98 Å². The zero-order chi connectivity index (χ0) is 16.3. The van der Waals surface area contributed by atoms with Gasteiger partial charge < -0.3 is 0 Å². The van der Waals surface area contributed by atoms with Crippen LogP contribution in [0.4, 0.5) is 5.82 Å². The second-order valence-electron chi connectivity index (χ2n) is 7.36. The Kier molecular flexibility index (Phi) is 8.67. The molecule has 0 aromatic carbocycles. The summed E-state index contributed by atoms with van der Waals surface area (Å²) in [7, 11) is 0. The second-order valence-corrected chi connectivity index (χ2v) is 7.36. The van der Waals surface area contributed by atoms with Crippen LogP contribution in [0.1, 0.15) is 77.7 Å². The Labute approximate surface area is 137 Å². The molecule has 1 aromatic heterocycles. The first-order valence-electron chi connectivity index (χ1n) is 8.68. The molecule has 0 aliphatic heterocycles. The van der Waals surface area contributed by atoms with Gasteiger partial charge >= 0.3 is 0 Å². The predicted octanol–water partition coefficient (Wildman–Crippen LogP) is 5.79. The highest BCUT2D eigenvalue weighted by Crippen LogP contribution is 2.22. The number of rotatable bonds is 10. The van der Waals surface area contributed by atoms with Crippen LogP contribution in [0.25, 0.3) is 0 Å². The number of nitrogens with one attached hydrogen (secondary N) is 1. The Balaban J connectivity index is 1.98. The lowest BCUT2D eigenvalue weighted by Crippen LogP contribution is -2.03. The van der Waals surface area contributed by atoms with Gasteiger partial charge in [0.1, 0.15) is 5.82 Å². The first-order valence-corrected chi connectivity index (χ1v) is 8.68. The molecule has 122 valence electrons. The number of aromatic nitrogens is 1. The number of terminal acetylenes is 1. The lowest BCUT2D eigenvalue weighted by Gasteiger charge is -2.17. The minimum absolute atomic E-state index is 0.499. The quantitative estimate of drug-likeness (QED) is 0.336. The Bertz CT molecular complexity index is 434. The van der Waals surface area contributed by atoms with Crippen molar-refractivity contribution in [2.75, 3.05) is 5.32 Å². The van der Waals surface area contributed by atoms with Gasteiger partial charge in [-0.05, 0) is 36.3 Å². The molecule has 0 saturated carbocycles. The molecular formula is C20H32N2. The van der Waals surface area contributed by atoms with E-state index in [-0.39, 0.29) is 0 Å². The number of nitrogens with zero attached hydrogens (tertiary/aromatic N) is 1. The van der Waals surface area contributed by atoms with Crippen LogP contribution in [0, 0.1) is 17.9 Å². The number of hydrogen-bond donors (Lipinski definition) is 1. The minimum atomic E-state index is 0.499. The largest absolute Gasteiger partial charge is 0.300 e. The molecule has 1 N–H and O–H groups in total. The summed E-state index contributed by atoms with van der Waals surface area (Å²) in [6.45, 7) is 6.99. The minimum Gasteiger partial charge on any atom is -0.300 e. The fourth-order valence-corrected chi connectivity index (χ4v) is 2.59. The van der Waals surface area contributed by atoms with E-state index in [1.807, 2.05) is 12.3 Å². The molecule has 22 heavy (non-hydrogen) atoms. The molecule has 0 spiro atoms. The van der Waals surface area contributed by atoms with E-state index in [2.05, 4.69) is 43.2 Å². The standard InChI is InChI=1S/C20H32N2/c1-5-21-19-15-14-18(17-22-19)13-11-9-7-6-8-10-12-16-20(2,3)4/h1,14-15,17H,6-13,16H2,2-4H3,(H,21,22). The van der Waals surface area contributed by atoms with E-state index in [0.29, 0.717) is 5.41 Å². The van der Waals surface area contributed by atoms with Crippen molar-refractivity contribution in [3.05, 3.63) is 23.9 Å². The van der Waals surface area contributed by atoms with Crippen molar-refractivity contribution in [2.24, 2.45) is 5.41 Å². The molecular weight excluding hydrogens is 268 g/mol. The molecule has 0 atom stereocenters. The van der Waals surface area contributed by atoms with Gasteiger partial charge in [-0.3, -0.25) is 5.32 Å². The van der Waals surface area contributed by atoms with Crippen molar-refractivity contribution >= 4 is 5.82 Å². The molecule has 0 aliphatic carbocycles. The first-order chi connectivity index (χ1) is 10.5. The van der Waals surface area contributed by atoms with Gasteiger partial charge in [-0.2, -0.15) is 0 Å². The van der Waals surface area contributed by atoms with Crippen LogP contribution in [0.5, 0.6) is 0 Å². The summed E-state index contributed by atoms with van der Waals surface area (Å²) < 4.78 is 0. The summed E-state index contributed by atoms with van der Waals surface area (Å²) in [5, 5.41) is 2.76. The van der Waals surface area contributed by atoms with E-state index in [1.165, 1.54) is 56.9 Å². The van der Waals surface area contributed by atoms with E-state index in [9.17, 15) is 0 Å². The number of unbranched alkanes of at least 4 members (excludes halogenated alkanes) is 6. The number of anilines is 1. The molecule has 0 unspecified atom stereocenters. The second kappa shape index (κ2) is 10.3. The predicted molar refractivity (Wildman–Crippen MR) is 96.8 cm³/mol.